The van der Waals surface area contributed by atoms with Crippen molar-refractivity contribution in [1.29, 1.82) is 5.26 Å². The molecule has 0 heterocycles. The molecule has 0 radical (unpaired) electrons. The van der Waals surface area contributed by atoms with Crippen LogP contribution in [0, 0.1) is 16.7 Å². The number of fused-ring (bicyclic) bond motifs is 1. The van der Waals surface area contributed by atoms with Gasteiger partial charge in [-0.2, -0.15) is 5.26 Å². The zero-order chi connectivity index (χ0) is 16.0. The monoisotopic (exact) mass is 295 g/mol. The topological polar surface area (TPSA) is 50.1 Å². The first-order valence-electron chi connectivity index (χ1n) is 7.77. The van der Waals surface area contributed by atoms with Crippen LogP contribution in [-0.2, 0) is 22.4 Å². The standard InChI is InChI=1S/C19H21NO2/c1-18(2,3)22-17(21)11-13-4-5-15-14(10-13)12-19(7-8-19)16(15)6-9-20/h4-6,10H,7-8,11-12H2,1-3H3. The maximum atomic E-state index is 12.0. The van der Waals surface area contributed by atoms with E-state index in [0.29, 0.717) is 6.42 Å². The number of rotatable bonds is 2. The van der Waals surface area contributed by atoms with E-state index >= 15 is 0 Å². The second kappa shape index (κ2) is 4.98. The molecule has 0 unspecified atom stereocenters. The fraction of sp³-hybridized carbons (Fsp3) is 0.474. The average molecular weight is 295 g/mol. The SMILES string of the molecule is CC(C)(C)OC(=O)Cc1ccc2c(c1)CC1(CC1)C2=CC#N. The quantitative estimate of drug-likeness (QED) is 0.615. The number of nitrogens with zero attached hydrogens (tertiary/aromatic N) is 1. The number of carbonyl (C=O) groups excluding carboxylic acids is 1. The molecule has 0 bridgehead atoms. The number of hydrogen-bond donors (Lipinski definition) is 0. The Kier molecular flexibility index (Phi) is 3.36. The first kappa shape index (κ1) is 14.8. The Labute approximate surface area is 131 Å². The molecule has 3 heteroatoms. The van der Waals surface area contributed by atoms with Crippen LogP contribution in [0.5, 0.6) is 0 Å². The van der Waals surface area contributed by atoms with Crippen LogP contribution in [0.25, 0.3) is 5.57 Å². The molecule has 2 aliphatic carbocycles. The average Bonchev–Trinajstić information content (AvgIpc) is 3.08. The molecule has 3 nitrogen and oxygen atoms in total. The van der Waals surface area contributed by atoms with E-state index in [9.17, 15) is 4.79 Å². The van der Waals surface area contributed by atoms with E-state index in [2.05, 4.69) is 18.2 Å². The second-order valence-corrected chi connectivity index (χ2v) is 7.40. The highest BCUT2D eigenvalue weighted by molar-refractivity contribution is 5.82. The van der Waals surface area contributed by atoms with Gasteiger partial charge >= 0.3 is 5.97 Å². The van der Waals surface area contributed by atoms with E-state index in [1.165, 1.54) is 16.7 Å². The molecule has 3 rings (SSSR count). The third-order valence-electron chi connectivity index (χ3n) is 4.39. The van der Waals surface area contributed by atoms with Gasteiger partial charge in [0.2, 0.25) is 0 Å². The molecule has 0 saturated heterocycles. The Bertz CT molecular complexity index is 697. The van der Waals surface area contributed by atoms with Crippen molar-refractivity contribution in [3.63, 3.8) is 0 Å². The number of allylic oxidation sites excluding steroid dienone is 2. The van der Waals surface area contributed by atoms with E-state index in [1.54, 1.807) is 6.08 Å². The van der Waals surface area contributed by atoms with Crippen LogP contribution in [-0.4, -0.2) is 11.6 Å². The molecule has 0 aliphatic heterocycles. The largest absolute Gasteiger partial charge is 0.460 e. The fourth-order valence-electron chi connectivity index (χ4n) is 3.35. The summed E-state index contributed by atoms with van der Waals surface area (Å²) < 4.78 is 5.38. The molecular formula is C19H21NO2. The lowest BCUT2D eigenvalue weighted by atomic mass is 9.96. The van der Waals surface area contributed by atoms with E-state index in [0.717, 1.165) is 24.8 Å². The van der Waals surface area contributed by atoms with Crippen molar-refractivity contribution in [2.24, 2.45) is 5.41 Å². The fourth-order valence-corrected chi connectivity index (χ4v) is 3.35. The molecule has 0 amide bonds. The van der Waals surface area contributed by atoms with Crippen LogP contribution >= 0.6 is 0 Å². The Morgan fingerprint density at radius 1 is 1.41 bits per heavy atom. The van der Waals surface area contributed by atoms with Crippen molar-refractivity contribution in [2.75, 3.05) is 0 Å². The van der Waals surface area contributed by atoms with Gasteiger partial charge in [0.1, 0.15) is 5.60 Å². The first-order chi connectivity index (χ1) is 10.3. The molecule has 1 spiro atoms. The van der Waals surface area contributed by atoms with Crippen LogP contribution in [0.15, 0.2) is 24.3 Å². The van der Waals surface area contributed by atoms with Crippen molar-refractivity contribution in [3.8, 4) is 6.07 Å². The molecule has 1 saturated carbocycles. The smallest absolute Gasteiger partial charge is 0.310 e. The third kappa shape index (κ3) is 2.78. The molecule has 0 N–H and O–H groups in total. The van der Waals surface area contributed by atoms with Crippen LogP contribution in [0.1, 0.15) is 50.3 Å². The lowest BCUT2D eigenvalue weighted by Gasteiger charge is -2.19. The highest BCUT2D eigenvalue weighted by Crippen LogP contribution is 2.62. The van der Waals surface area contributed by atoms with Gasteiger partial charge in [-0.1, -0.05) is 18.2 Å². The molecule has 0 aromatic heterocycles. The first-order valence-corrected chi connectivity index (χ1v) is 7.77. The maximum absolute atomic E-state index is 12.0. The normalized spacial score (nSPS) is 19.8. The summed E-state index contributed by atoms with van der Waals surface area (Å²) in [5, 5.41) is 9.01. The minimum Gasteiger partial charge on any atom is -0.460 e. The Morgan fingerprint density at radius 2 is 2.14 bits per heavy atom. The summed E-state index contributed by atoms with van der Waals surface area (Å²) in [6.07, 6.45) is 5.33. The van der Waals surface area contributed by atoms with Crippen molar-refractivity contribution in [1.82, 2.24) is 0 Å². The number of carbonyl (C=O) groups is 1. The van der Waals surface area contributed by atoms with Crippen LogP contribution in [0.3, 0.4) is 0 Å². The summed E-state index contributed by atoms with van der Waals surface area (Å²) in [5.41, 5.74) is 4.39. The molecule has 114 valence electrons. The van der Waals surface area contributed by atoms with Crippen LogP contribution < -0.4 is 0 Å². The zero-order valence-corrected chi connectivity index (χ0v) is 13.4. The molecular weight excluding hydrogens is 274 g/mol. The highest BCUT2D eigenvalue weighted by Gasteiger charge is 2.50. The third-order valence-corrected chi connectivity index (χ3v) is 4.39. The van der Waals surface area contributed by atoms with Crippen molar-refractivity contribution in [3.05, 3.63) is 41.0 Å². The van der Waals surface area contributed by atoms with Crippen molar-refractivity contribution >= 4 is 11.5 Å². The summed E-state index contributed by atoms with van der Waals surface area (Å²) in [5.74, 6) is -0.195. The highest BCUT2D eigenvalue weighted by atomic mass is 16.6. The van der Waals surface area contributed by atoms with E-state index in [1.807, 2.05) is 26.8 Å². The van der Waals surface area contributed by atoms with Gasteiger partial charge in [-0.25, -0.2) is 0 Å². The van der Waals surface area contributed by atoms with Gasteiger partial charge in [0, 0.05) is 11.5 Å². The van der Waals surface area contributed by atoms with Crippen molar-refractivity contribution in [2.45, 2.75) is 52.1 Å². The number of ether oxygens (including phenoxy) is 1. The number of benzene rings is 1. The second-order valence-electron chi connectivity index (χ2n) is 7.40. The van der Waals surface area contributed by atoms with Gasteiger partial charge < -0.3 is 4.74 Å². The molecule has 1 aromatic carbocycles. The van der Waals surface area contributed by atoms with Crippen LogP contribution in [0.2, 0.25) is 0 Å². The van der Waals surface area contributed by atoms with Gasteiger partial charge in [-0.05, 0) is 62.3 Å². The van der Waals surface area contributed by atoms with Gasteiger partial charge in [-0.15, -0.1) is 0 Å². The number of esters is 1. The minimum atomic E-state index is -0.450. The lowest BCUT2D eigenvalue weighted by Crippen LogP contribution is -2.24. The number of hydrogen-bond acceptors (Lipinski definition) is 3. The molecule has 0 atom stereocenters. The Hall–Kier alpha value is -2.08. The van der Waals surface area contributed by atoms with Gasteiger partial charge in [-0.3, -0.25) is 4.79 Å². The molecule has 2 aliphatic rings. The van der Waals surface area contributed by atoms with E-state index < -0.39 is 5.60 Å². The van der Waals surface area contributed by atoms with Gasteiger partial charge in [0.15, 0.2) is 0 Å². The lowest BCUT2D eigenvalue weighted by molar-refractivity contribution is -0.153. The Morgan fingerprint density at radius 3 is 2.73 bits per heavy atom. The Balaban J connectivity index is 1.81. The summed E-state index contributed by atoms with van der Waals surface area (Å²) in [4.78, 5) is 12.0. The molecule has 1 fully saturated rings. The number of nitriles is 1. The van der Waals surface area contributed by atoms with Gasteiger partial charge in [0.25, 0.3) is 0 Å². The zero-order valence-electron chi connectivity index (χ0n) is 13.4. The summed E-state index contributed by atoms with van der Waals surface area (Å²) in [6.45, 7) is 5.64. The maximum Gasteiger partial charge on any atom is 0.310 e. The summed E-state index contributed by atoms with van der Waals surface area (Å²) in [6, 6.07) is 8.33. The van der Waals surface area contributed by atoms with E-state index in [-0.39, 0.29) is 11.4 Å². The summed E-state index contributed by atoms with van der Waals surface area (Å²) in [7, 11) is 0. The molecule has 1 aromatic rings. The van der Waals surface area contributed by atoms with Crippen molar-refractivity contribution < 1.29 is 9.53 Å². The predicted molar refractivity (Wildman–Crippen MR) is 85.0 cm³/mol. The van der Waals surface area contributed by atoms with E-state index in [4.69, 9.17) is 10.00 Å². The predicted octanol–water partition coefficient (Wildman–Crippen LogP) is 3.81. The van der Waals surface area contributed by atoms with Crippen LogP contribution in [0.4, 0.5) is 0 Å². The van der Waals surface area contributed by atoms with Gasteiger partial charge in [0.05, 0.1) is 12.5 Å². The minimum absolute atomic E-state index is 0.195. The summed E-state index contributed by atoms with van der Waals surface area (Å²) >= 11 is 0. The molecule has 22 heavy (non-hydrogen) atoms.